The fraction of sp³-hybridized carbons (Fsp3) is 0.235. The molecule has 0 aliphatic carbocycles. The second-order valence-electron chi connectivity index (χ2n) is 5.26. The molecule has 0 saturated carbocycles. The van der Waals surface area contributed by atoms with Crippen molar-refractivity contribution in [3.63, 3.8) is 0 Å². The number of carbonyl (C=O) groups excluding carboxylic acids is 2. The molecule has 0 saturated heterocycles. The van der Waals surface area contributed by atoms with Crippen molar-refractivity contribution in [1.29, 1.82) is 0 Å². The third-order valence-electron chi connectivity index (χ3n) is 3.30. The van der Waals surface area contributed by atoms with Gasteiger partial charge in [-0.2, -0.15) is 0 Å². The molecule has 6 nitrogen and oxygen atoms in total. The van der Waals surface area contributed by atoms with Crippen LogP contribution >= 0.6 is 11.6 Å². The molecule has 7 heteroatoms. The Morgan fingerprint density at radius 1 is 1.08 bits per heavy atom. The van der Waals surface area contributed by atoms with E-state index in [2.05, 4.69) is 10.9 Å². The van der Waals surface area contributed by atoms with Crippen molar-refractivity contribution < 1.29 is 9.59 Å². The smallest absolute Gasteiger partial charge is 0.271 e. The third-order valence-corrected chi connectivity index (χ3v) is 3.56. The Hall–Kier alpha value is -2.60. The van der Waals surface area contributed by atoms with E-state index in [1.807, 2.05) is 19.1 Å². The SMILES string of the molecule is CCCC(=O)NNC(=O)c1ccc(=O)n(Cc2ccc(Cl)cc2)c1. The number of amides is 2. The molecule has 1 heterocycles. The lowest BCUT2D eigenvalue weighted by atomic mass is 10.2. The van der Waals surface area contributed by atoms with Crippen molar-refractivity contribution in [2.45, 2.75) is 26.3 Å². The van der Waals surface area contributed by atoms with Gasteiger partial charge in [-0.05, 0) is 30.2 Å². The van der Waals surface area contributed by atoms with E-state index in [-0.39, 0.29) is 17.0 Å². The molecule has 0 fully saturated rings. The van der Waals surface area contributed by atoms with Gasteiger partial charge in [-0.25, -0.2) is 0 Å². The highest BCUT2D eigenvalue weighted by atomic mass is 35.5. The molecule has 2 amide bonds. The summed E-state index contributed by atoms with van der Waals surface area (Å²) in [6.07, 6.45) is 2.47. The predicted octanol–water partition coefficient (Wildman–Crippen LogP) is 2.11. The monoisotopic (exact) mass is 347 g/mol. The molecule has 126 valence electrons. The summed E-state index contributed by atoms with van der Waals surface area (Å²) >= 11 is 5.84. The van der Waals surface area contributed by atoms with Crippen molar-refractivity contribution >= 4 is 23.4 Å². The molecular formula is C17H18ClN3O3. The summed E-state index contributed by atoms with van der Waals surface area (Å²) in [6, 6.07) is 9.84. The standard InChI is InChI=1S/C17H18ClN3O3/c1-2-3-15(22)19-20-17(24)13-6-9-16(23)21(11-13)10-12-4-7-14(18)8-5-12/h4-9,11H,2-3,10H2,1H3,(H,19,22)(H,20,24). The maximum atomic E-state index is 12.1. The molecule has 0 aliphatic heterocycles. The fourth-order valence-electron chi connectivity index (χ4n) is 2.06. The highest BCUT2D eigenvalue weighted by molar-refractivity contribution is 6.30. The summed E-state index contributed by atoms with van der Waals surface area (Å²) in [4.78, 5) is 35.4. The van der Waals surface area contributed by atoms with Crippen LogP contribution in [0.3, 0.4) is 0 Å². The number of aromatic nitrogens is 1. The zero-order chi connectivity index (χ0) is 17.5. The van der Waals surface area contributed by atoms with Crippen LogP contribution in [0.1, 0.15) is 35.7 Å². The van der Waals surface area contributed by atoms with E-state index >= 15 is 0 Å². The average molecular weight is 348 g/mol. The maximum absolute atomic E-state index is 12.1. The quantitative estimate of drug-likeness (QED) is 0.813. The summed E-state index contributed by atoms with van der Waals surface area (Å²) in [6.45, 7) is 2.19. The van der Waals surface area contributed by atoms with Gasteiger partial charge in [-0.3, -0.25) is 25.2 Å². The summed E-state index contributed by atoms with van der Waals surface area (Å²) in [5.41, 5.74) is 5.60. The number of nitrogens with zero attached hydrogens (tertiary/aromatic N) is 1. The zero-order valence-corrected chi connectivity index (χ0v) is 14.0. The molecule has 0 bridgehead atoms. The lowest BCUT2D eigenvalue weighted by Crippen LogP contribution is -2.41. The third kappa shape index (κ3) is 4.96. The molecule has 0 atom stereocenters. The van der Waals surface area contributed by atoms with Crippen molar-refractivity contribution in [3.05, 3.63) is 69.1 Å². The highest BCUT2D eigenvalue weighted by Crippen LogP contribution is 2.10. The van der Waals surface area contributed by atoms with Gasteiger partial charge in [0.25, 0.3) is 11.5 Å². The van der Waals surface area contributed by atoms with Gasteiger partial charge in [0.2, 0.25) is 5.91 Å². The van der Waals surface area contributed by atoms with Crippen LogP contribution in [0, 0.1) is 0 Å². The van der Waals surface area contributed by atoms with Gasteiger partial charge in [0.15, 0.2) is 0 Å². The van der Waals surface area contributed by atoms with E-state index < -0.39 is 5.91 Å². The van der Waals surface area contributed by atoms with Crippen LogP contribution in [0.4, 0.5) is 0 Å². The van der Waals surface area contributed by atoms with Crippen LogP contribution in [-0.4, -0.2) is 16.4 Å². The Kier molecular flexibility index (Phi) is 6.14. The van der Waals surface area contributed by atoms with E-state index in [0.717, 1.165) is 5.56 Å². The molecular weight excluding hydrogens is 330 g/mol. The minimum absolute atomic E-state index is 0.225. The van der Waals surface area contributed by atoms with E-state index in [9.17, 15) is 14.4 Å². The highest BCUT2D eigenvalue weighted by Gasteiger charge is 2.09. The number of carbonyl (C=O) groups is 2. The number of hydrogen-bond donors (Lipinski definition) is 2. The zero-order valence-electron chi connectivity index (χ0n) is 13.2. The summed E-state index contributed by atoms with van der Waals surface area (Å²) < 4.78 is 1.42. The molecule has 1 aromatic heterocycles. The van der Waals surface area contributed by atoms with Crippen molar-refractivity contribution in [1.82, 2.24) is 15.4 Å². The topological polar surface area (TPSA) is 80.2 Å². The van der Waals surface area contributed by atoms with Crippen LogP contribution in [-0.2, 0) is 11.3 Å². The number of pyridine rings is 1. The van der Waals surface area contributed by atoms with Crippen molar-refractivity contribution in [3.8, 4) is 0 Å². The molecule has 0 spiro atoms. The maximum Gasteiger partial charge on any atom is 0.271 e. The normalized spacial score (nSPS) is 10.2. The van der Waals surface area contributed by atoms with Gasteiger partial charge >= 0.3 is 0 Å². The molecule has 0 aliphatic rings. The van der Waals surface area contributed by atoms with E-state index in [0.29, 0.717) is 24.4 Å². The van der Waals surface area contributed by atoms with Crippen LogP contribution in [0.25, 0.3) is 0 Å². The minimum atomic E-state index is -0.482. The minimum Gasteiger partial charge on any atom is -0.310 e. The Labute approximate surface area is 144 Å². The van der Waals surface area contributed by atoms with Gasteiger partial charge in [0.05, 0.1) is 12.1 Å². The molecule has 2 aromatic rings. The Bertz CT molecular complexity index is 784. The van der Waals surface area contributed by atoms with E-state index in [1.165, 1.54) is 22.9 Å². The number of halogens is 1. The van der Waals surface area contributed by atoms with Gasteiger partial charge in [0.1, 0.15) is 0 Å². The van der Waals surface area contributed by atoms with Crippen LogP contribution in [0.15, 0.2) is 47.4 Å². The first-order chi connectivity index (χ1) is 11.5. The van der Waals surface area contributed by atoms with Crippen LogP contribution < -0.4 is 16.4 Å². The predicted molar refractivity (Wildman–Crippen MR) is 91.8 cm³/mol. The summed E-state index contributed by atoms with van der Waals surface area (Å²) in [5.74, 6) is -0.746. The molecule has 1 aromatic carbocycles. The number of rotatable bonds is 5. The molecule has 0 unspecified atom stereocenters. The van der Waals surface area contributed by atoms with Gasteiger partial charge < -0.3 is 4.57 Å². The van der Waals surface area contributed by atoms with Crippen molar-refractivity contribution in [2.24, 2.45) is 0 Å². The van der Waals surface area contributed by atoms with Crippen LogP contribution in [0.2, 0.25) is 5.02 Å². The second kappa shape index (κ2) is 8.31. The molecule has 2 N–H and O–H groups in total. The first-order valence-electron chi connectivity index (χ1n) is 7.53. The van der Waals surface area contributed by atoms with Gasteiger partial charge in [0, 0.05) is 23.7 Å². The Balaban J connectivity index is 2.10. The number of hydrogen-bond acceptors (Lipinski definition) is 3. The molecule has 24 heavy (non-hydrogen) atoms. The molecule has 2 rings (SSSR count). The van der Waals surface area contributed by atoms with Crippen molar-refractivity contribution in [2.75, 3.05) is 0 Å². The number of hydrazine groups is 1. The summed E-state index contributed by atoms with van der Waals surface area (Å²) in [5, 5.41) is 0.613. The van der Waals surface area contributed by atoms with E-state index in [1.54, 1.807) is 12.1 Å². The Morgan fingerprint density at radius 3 is 2.46 bits per heavy atom. The average Bonchev–Trinajstić information content (AvgIpc) is 2.57. The van der Waals surface area contributed by atoms with Crippen LogP contribution in [0.5, 0.6) is 0 Å². The fourth-order valence-corrected chi connectivity index (χ4v) is 2.19. The van der Waals surface area contributed by atoms with Gasteiger partial charge in [-0.1, -0.05) is 30.7 Å². The molecule has 0 radical (unpaired) electrons. The lowest BCUT2D eigenvalue weighted by Gasteiger charge is -2.10. The number of benzene rings is 1. The largest absolute Gasteiger partial charge is 0.310 e. The first kappa shape index (κ1) is 17.7. The Morgan fingerprint density at radius 2 is 1.79 bits per heavy atom. The first-order valence-corrected chi connectivity index (χ1v) is 7.91. The second-order valence-corrected chi connectivity index (χ2v) is 5.70. The summed E-state index contributed by atoms with van der Waals surface area (Å²) in [7, 11) is 0. The van der Waals surface area contributed by atoms with E-state index in [4.69, 9.17) is 11.6 Å². The van der Waals surface area contributed by atoms with Gasteiger partial charge in [-0.15, -0.1) is 0 Å². The lowest BCUT2D eigenvalue weighted by molar-refractivity contribution is -0.121. The number of nitrogens with one attached hydrogen (secondary N) is 2.